The van der Waals surface area contributed by atoms with E-state index in [2.05, 4.69) is 13.8 Å². The van der Waals surface area contributed by atoms with Crippen molar-refractivity contribution in [2.24, 2.45) is 11.8 Å². The first-order valence-corrected chi connectivity index (χ1v) is 7.72. The molecule has 1 saturated carbocycles. The highest BCUT2D eigenvalue weighted by Crippen LogP contribution is 2.35. The number of carbonyl (C=O) groups excluding carboxylic acids is 1. The Kier molecular flexibility index (Phi) is 4.20. The zero-order valence-corrected chi connectivity index (χ0v) is 11.8. The molecule has 4 atom stereocenters. The summed E-state index contributed by atoms with van der Waals surface area (Å²) in [5.74, 6) is -0.533. The van der Waals surface area contributed by atoms with Crippen LogP contribution in [0.25, 0.3) is 0 Å². The van der Waals surface area contributed by atoms with Crippen LogP contribution in [0.2, 0.25) is 0 Å². The lowest BCUT2D eigenvalue weighted by Crippen LogP contribution is -2.51. The predicted octanol–water partition coefficient (Wildman–Crippen LogP) is 1.84. The summed E-state index contributed by atoms with van der Waals surface area (Å²) in [6.45, 7) is 4.97. The lowest BCUT2D eigenvalue weighted by atomic mass is 9.94. The van der Waals surface area contributed by atoms with Gasteiger partial charge in [-0.2, -0.15) is 11.8 Å². The highest BCUT2D eigenvalue weighted by molar-refractivity contribution is 8.00. The highest BCUT2D eigenvalue weighted by Gasteiger charge is 2.41. The quantitative estimate of drug-likeness (QED) is 0.832. The van der Waals surface area contributed by atoms with E-state index in [1.54, 1.807) is 0 Å². The number of aliphatic carboxylic acids is 1. The number of carbonyl (C=O) groups is 2. The van der Waals surface area contributed by atoms with Crippen LogP contribution < -0.4 is 0 Å². The van der Waals surface area contributed by atoms with Crippen LogP contribution >= 0.6 is 11.8 Å². The van der Waals surface area contributed by atoms with Gasteiger partial charge in [0.15, 0.2) is 0 Å². The van der Waals surface area contributed by atoms with E-state index in [4.69, 9.17) is 0 Å². The molecule has 0 radical (unpaired) electrons. The van der Waals surface area contributed by atoms with E-state index in [0.717, 1.165) is 25.1 Å². The van der Waals surface area contributed by atoms with E-state index in [1.807, 2.05) is 16.7 Å². The molecule has 0 bridgehead atoms. The van der Waals surface area contributed by atoms with Crippen LogP contribution in [0.5, 0.6) is 0 Å². The zero-order chi connectivity index (χ0) is 13.3. The van der Waals surface area contributed by atoms with Gasteiger partial charge in [-0.05, 0) is 19.8 Å². The van der Waals surface area contributed by atoms with Crippen LogP contribution in [0.3, 0.4) is 0 Å². The Labute approximate surface area is 112 Å². The van der Waals surface area contributed by atoms with Gasteiger partial charge < -0.3 is 10.0 Å². The molecule has 18 heavy (non-hydrogen) atoms. The molecule has 2 fully saturated rings. The van der Waals surface area contributed by atoms with Gasteiger partial charge in [-0.15, -0.1) is 0 Å². The molecule has 2 unspecified atom stereocenters. The summed E-state index contributed by atoms with van der Waals surface area (Å²) in [5.41, 5.74) is 0. The fourth-order valence-corrected chi connectivity index (χ4v) is 4.11. The zero-order valence-electron chi connectivity index (χ0n) is 11.0. The summed E-state index contributed by atoms with van der Waals surface area (Å²) in [4.78, 5) is 25.6. The third-order valence-corrected chi connectivity index (χ3v) is 5.66. The van der Waals surface area contributed by atoms with Crippen molar-refractivity contribution in [1.82, 2.24) is 4.90 Å². The number of carboxylic acid groups (broad SMARTS) is 1. The number of nitrogens with zero attached hydrogens (tertiary/aromatic N) is 1. The van der Waals surface area contributed by atoms with E-state index in [-0.39, 0.29) is 17.9 Å². The molecule has 4 nitrogen and oxygen atoms in total. The van der Waals surface area contributed by atoms with Crippen LogP contribution in [-0.2, 0) is 9.59 Å². The first-order chi connectivity index (χ1) is 8.52. The Morgan fingerprint density at radius 3 is 2.56 bits per heavy atom. The Morgan fingerprint density at radius 2 is 1.89 bits per heavy atom. The maximum absolute atomic E-state index is 12.5. The van der Waals surface area contributed by atoms with Gasteiger partial charge in [0.1, 0.15) is 0 Å². The third kappa shape index (κ3) is 2.51. The summed E-state index contributed by atoms with van der Waals surface area (Å²) in [6, 6.07) is 0.214. The molecule has 2 rings (SSSR count). The molecule has 5 heteroatoms. The van der Waals surface area contributed by atoms with Gasteiger partial charge >= 0.3 is 5.97 Å². The average Bonchev–Trinajstić information content (AvgIpc) is 2.81. The van der Waals surface area contributed by atoms with E-state index in [9.17, 15) is 14.7 Å². The standard InChI is InChI=1S/C13H21NO3S/c1-8-9(2)18-7-6-14(8)12(15)10-4-3-5-11(10)13(16)17/h8-11H,3-7H2,1-2H3,(H,16,17)/t8?,9?,10-,11+/m1/s1. The van der Waals surface area contributed by atoms with Gasteiger partial charge in [-0.3, -0.25) is 9.59 Å². The largest absolute Gasteiger partial charge is 0.481 e. The fraction of sp³-hybridized carbons (Fsp3) is 0.846. The predicted molar refractivity (Wildman–Crippen MR) is 71.6 cm³/mol. The number of amides is 1. The Hall–Kier alpha value is -0.710. The fourth-order valence-electron chi connectivity index (χ4n) is 3.01. The van der Waals surface area contributed by atoms with Gasteiger partial charge in [0.25, 0.3) is 0 Å². The first kappa shape index (κ1) is 13.7. The molecular formula is C13H21NO3S. The van der Waals surface area contributed by atoms with E-state index < -0.39 is 11.9 Å². The van der Waals surface area contributed by atoms with E-state index >= 15 is 0 Å². The second-order valence-corrected chi connectivity index (χ2v) is 6.82. The molecule has 1 amide bonds. The molecule has 0 aromatic rings. The Balaban J connectivity index is 2.08. The van der Waals surface area contributed by atoms with Gasteiger partial charge in [0.2, 0.25) is 5.91 Å². The molecule has 0 spiro atoms. The monoisotopic (exact) mass is 271 g/mol. The average molecular weight is 271 g/mol. The maximum atomic E-state index is 12.5. The van der Waals surface area contributed by atoms with Crippen LogP contribution in [0.15, 0.2) is 0 Å². The van der Waals surface area contributed by atoms with Crippen molar-refractivity contribution in [1.29, 1.82) is 0 Å². The number of hydrogen-bond acceptors (Lipinski definition) is 3. The Morgan fingerprint density at radius 1 is 1.22 bits per heavy atom. The minimum atomic E-state index is -0.807. The van der Waals surface area contributed by atoms with E-state index in [0.29, 0.717) is 11.7 Å². The molecule has 1 saturated heterocycles. The number of thioether (sulfide) groups is 1. The summed E-state index contributed by atoms with van der Waals surface area (Å²) in [7, 11) is 0. The molecule has 2 aliphatic rings. The summed E-state index contributed by atoms with van der Waals surface area (Å²) in [5, 5.41) is 9.61. The smallest absolute Gasteiger partial charge is 0.307 e. The van der Waals surface area contributed by atoms with Crippen molar-refractivity contribution in [3.8, 4) is 0 Å². The van der Waals surface area contributed by atoms with Gasteiger partial charge in [-0.25, -0.2) is 0 Å². The van der Waals surface area contributed by atoms with Gasteiger partial charge in [-0.1, -0.05) is 13.3 Å². The third-order valence-electron chi connectivity index (χ3n) is 4.32. The SMILES string of the molecule is CC1SCCN(C(=O)[C@@H]2CCC[C@@H]2C(=O)O)C1C. The summed E-state index contributed by atoms with van der Waals surface area (Å²) < 4.78 is 0. The second kappa shape index (κ2) is 5.51. The van der Waals surface area contributed by atoms with Crippen molar-refractivity contribution in [2.75, 3.05) is 12.3 Å². The van der Waals surface area contributed by atoms with Crippen LogP contribution in [0.4, 0.5) is 0 Å². The first-order valence-electron chi connectivity index (χ1n) is 6.67. The summed E-state index contributed by atoms with van der Waals surface area (Å²) in [6.07, 6.45) is 2.25. The number of hydrogen-bond donors (Lipinski definition) is 1. The van der Waals surface area contributed by atoms with Crippen LogP contribution in [0, 0.1) is 11.8 Å². The van der Waals surface area contributed by atoms with Crippen LogP contribution in [-0.4, -0.2) is 45.5 Å². The summed E-state index contributed by atoms with van der Waals surface area (Å²) >= 11 is 1.89. The molecular weight excluding hydrogens is 250 g/mol. The highest BCUT2D eigenvalue weighted by atomic mass is 32.2. The van der Waals surface area contributed by atoms with Crippen molar-refractivity contribution < 1.29 is 14.7 Å². The molecule has 1 aliphatic heterocycles. The van der Waals surface area contributed by atoms with Gasteiger partial charge in [0, 0.05) is 23.6 Å². The molecule has 0 aromatic carbocycles. The van der Waals surface area contributed by atoms with Crippen LogP contribution in [0.1, 0.15) is 33.1 Å². The van der Waals surface area contributed by atoms with Crippen molar-refractivity contribution >= 4 is 23.6 Å². The number of carboxylic acids is 1. The lowest BCUT2D eigenvalue weighted by Gasteiger charge is -2.39. The Bertz CT molecular complexity index is 347. The van der Waals surface area contributed by atoms with E-state index in [1.165, 1.54) is 0 Å². The van der Waals surface area contributed by atoms with Gasteiger partial charge in [0.05, 0.1) is 11.8 Å². The second-order valence-electron chi connectivity index (χ2n) is 5.33. The normalized spacial score (nSPS) is 36.7. The topological polar surface area (TPSA) is 57.6 Å². The van der Waals surface area contributed by atoms with Crippen molar-refractivity contribution in [3.63, 3.8) is 0 Å². The molecule has 1 heterocycles. The molecule has 1 N–H and O–H groups in total. The molecule has 0 aromatic heterocycles. The molecule has 102 valence electrons. The van der Waals surface area contributed by atoms with Crippen molar-refractivity contribution in [2.45, 2.75) is 44.4 Å². The molecule has 1 aliphatic carbocycles. The minimum Gasteiger partial charge on any atom is -0.481 e. The minimum absolute atomic E-state index is 0.0690. The maximum Gasteiger partial charge on any atom is 0.307 e. The number of rotatable bonds is 2. The lowest BCUT2D eigenvalue weighted by molar-refractivity contribution is -0.149. The van der Waals surface area contributed by atoms with Crippen molar-refractivity contribution in [3.05, 3.63) is 0 Å².